The number of thioether (sulfide) groups is 3. The number of ketones is 3. The predicted molar refractivity (Wildman–Crippen MR) is 251 cm³/mol. The van der Waals surface area contributed by atoms with E-state index in [1.54, 1.807) is 0 Å². The summed E-state index contributed by atoms with van der Waals surface area (Å²) in [6.07, 6.45) is 0. The quantitative estimate of drug-likeness (QED) is 0.0515. The summed E-state index contributed by atoms with van der Waals surface area (Å²) in [6, 6.07) is 22.0. The molecule has 0 saturated carbocycles. The molecule has 0 unspecified atom stereocenters. The number of hydrogen-bond acceptors (Lipinski definition) is 12. The van der Waals surface area contributed by atoms with Gasteiger partial charge in [0.2, 0.25) is 29.5 Å². The number of benzene rings is 6. The number of rotatable bonds is 16. The molecule has 0 spiro atoms. The lowest BCUT2D eigenvalue weighted by Gasteiger charge is -2.54. The van der Waals surface area contributed by atoms with Gasteiger partial charge in [-0.1, -0.05) is 36.4 Å². The number of halogens is 9. The minimum atomic E-state index is -5.94. The summed E-state index contributed by atoms with van der Waals surface area (Å²) in [4.78, 5) is 30.0. The maximum Gasteiger partial charge on any atom is 0.444 e. The molecule has 6 aromatic rings. The molecule has 9 nitrogen and oxygen atoms in total. The van der Waals surface area contributed by atoms with Crippen LogP contribution >= 0.6 is 45.3 Å². The Bertz CT molecular complexity index is 2970. The Morgan fingerprint density at radius 2 is 0.465 bits per heavy atom. The van der Waals surface area contributed by atoms with Crippen LogP contribution in [0.5, 0.6) is 0 Å². The smallest absolute Gasteiger partial charge is 0.295 e. The molecule has 0 radical (unpaired) electrons. The minimum Gasteiger partial charge on any atom is -0.295 e. The highest BCUT2D eigenvalue weighted by Gasteiger charge is 2.66. The Morgan fingerprint density at radius 3 is 0.620 bits per heavy atom. The highest BCUT2D eigenvalue weighted by atomic mass is 32.4. The van der Waals surface area contributed by atoms with Crippen LogP contribution in [0.3, 0.4) is 0 Å². The third-order valence-electron chi connectivity index (χ3n) is 10.3. The van der Waals surface area contributed by atoms with Gasteiger partial charge in [0.1, 0.15) is 0 Å². The molecule has 6 aromatic carbocycles. The van der Waals surface area contributed by atoms with E-state index in [1.807, 2.05) is 0 Å². The van der Waals surface area contributed by atoms with Gasteiger partial charge in [-0.15, -0.1) is 10.0 Å². The molecule has 25 heteroatoms. The molecule has 0 aliphatic carbocycles. The SMILES string of the molecule is CC(=O)c1ccc(S(=O)(=O)c2ccc(S(c3ccc(S(=O)(=O)c4ccc(C(C)=O)cc4)cc3)(c3ccc(S(=O)(=O)c4ccc(C(C)=O)cc4)cc3)C(SC(F)(F)F)(SC(F)(F)F)SC(F)(F)F)cc2)cc1. The summed E-state index contributed by atoms with van der Waals surface area (Å²) in [5.41, 5.74) is -17.5. The summed E-state index contributed by atoms with van der Waals surface area (Å²) >= 11 is -5.07. The van der Waals surface area contributed by atoms with Crippen molar-refractivity contribution in [1.82, 2.24) is 0 Å². The van der Waals surface area contributed by atoms with Gasteiger partial charge in [-0.05, 0) is 165 Å². The lowest BCUT2D eigenvalue weighted by atomic mass is 10.2. The van der Waals surface area contributed by atoms with Crippen LogP contribution in [0.4, 0.5) is 39.5 Å². The first-order valence-corrected chi connectivity index (χ1v) is 28.3. The number of carbonyl (C=O) groups is 3. The molecule has 6 rings (SSSR count). The van der Waals surface area contributed by atoms with Crippen molar-refractivity contribution in [2.45, 2.75) is 84.1 Å². The van der Waals surface area contributed by atoms with Crippen molar-refractivity contribution in [2.75, 3.05) is 0 Å². The van der Waals surface area contributed by atoms with Gasteiger partial charge in [0, 0.05) is 31.4 Å². The van der Waals surface area contributed by atoms with Crippen molar-refractivity contribution in [3.8, 4) is 0 Å². The van der Waals surface area contributed by atoms with E-state index in [1.165, 1.54) is 57.2 Å². The van der Waals surface area contributed by atoms with Gasteiger partial charge >= 0.3 is 16.5 Å². The van der Waals surface area contributed by atoms with Gasteiger partial charge < -0.3 is 0 Å². The van der Waals surface area contributed by atoms with Gasteiger partial charge in [-0.25, -0.2) is 25.3 Å². The van der Waals surface area contributed by atoms with Crippen LogP contribution in [-0.2, 0) is 29.5 Å². The number of hydrogen-bond donors (Lipinski definition) is 0. The van der Waals surface area contributed by atoms with Crippen molar-refractivity contribution in [2.24, 2.45) is 0 Å². The second kappa shape index (κ2) is 20.1. The lowest BCUT2D eigenvalue weighted by Crippen LogP contribution is -2.35. The molecule has 0 N–H and O–H groups in total. The number of carbonyl (C=O) groups excluding carboxylic acids is 3. The van der Waals surface area contributed by atoms with Crippen molar-refractivity contribution < 1.29 is 79.2 Å². The molecule has 376 valence electrons. The number of Topliss-reactive ketones (excluding diaryl/α,β-unsaturated/α-hetero) is 3. The van der Waals surface area contributed by atoms with Crippen molar-refractivity contribution >= 4 is 92.2 Å². The molecule has 0 amide bonds. The van der Waals surface area contributed by atoms with E-state index in [-0.39, 0.29) is 16.7 Å². The monoisotopic (exact) mass is 1120 g/mol. The molecular formula is C46H33F9O9S7. The van der Waals surface area contributed by atoms with Crippen LogP contribution in [-0.4, -0.2) is 61.9 Å². The Morgan fingerprint density at radius 1 is 0.310 bits per heavy atom. The van der Waals surface area contributed by atoms with Crippen molar-refractivity contribution in [3.05, 3.63) is 162 Å². The van der Waals surface area contributed by atoms with Crippen molar-refractivity contribution in [3.63, 3.8) is 0 Å². The second-order valence-corrected chi connectivity index (χ2v) is 29.4. The van der Waals surface area contributed by atoms with E-state index in [0.717, 1.165) is 72.8 Å². The Balaban J connectivity index is 1.73. The van der Waals surface area contributed by atoms with E-state index in [0.29, 0.717) is 36.4 Å². The maximum absolute atomic E-state index is 15.2. The molecule has 0 atom stereocenters. The fraction of sp³-hybridized carbons (Fsp3) is 0.152. The Kier molecular flexibility index (Phi) is 15.6. The highest BCUT2D eigenvalue weighted by Crippen LogP contribution is 2.88. The van der Waals surface area contributed by atoms with Crippen LogP contribution in [0.15, 0.2) is 190 Å². The first-order valence-electron chi connectivity index (χ1n) is 19.8. The normalized spacial score (nSPS) is 13.4. The molecule has 0 heterocycles. The van der Waals surface area contributed by atoms with Crippen LogP contribution in [0, 0.1) is 0 Å². The fourth-order valence-corrected chi connectivity index (χ4v) is 22.1. The van der Waals surface area contributed by atoms with Crippen LogP contribution in [0.25, 0.3) is 0 Å². The summed E-state index contributed by atoms with van der Waals surface area (Å²) in [5, 5.41) is 0. The minimum absolute atomic E-state index is 0.102. The molecule has 71 heavy (non-hydrogen) atoms. The van der Waals surface area contributed by atoms with Gasteiger partial charge in [-0.3, -0.25) is 14.4 Å². The average molecular weight is 1130 g/mol. The van der Waals surface area contributed by atoms with Crippen LogP contribution in [0.1, 0.15) is 51.8 Å². The number of alkyl halides is 9. The average Bonchev–Trinajstić information content (AvgIpc) is 3.28. The van der Waals surface area contributed by atoms with Crippen molar-refractivity contribution in [1.29, 1.82) is 0 Å². The van der Waals surface area contributed by atoms with Crippen LogP contribution in [0.2, 0.25) is 0 Å². The molecule has 0 fully saturated rings. The topological polar surface area (TPSA) is 154 Å². The van der Waals surface area contributed by atoms with Gasteiger partial charge in [0.05, 0.1) is 29.4 Å². The molecule has 0 aliphatic heterocycles. The molecule has 0 aromatic heterocycles. The zero-order valence-electron chi connectivity index (χ0n) is 36.3. The fourth-order valence-electron chi connectivity index (χ4n) is 7.00. The summed E-state index contributed by atoms with van der Waals surface area (Å²) < 4.78 is 215. The molecule has 0 saturated heterocycles. The van der Waals surface area contributed by atoms with E-state index >= 15 is 39.5 Å². The lowest BCUT2D eigenvalue weighted by molar-refractivity contribution is -0.0357. The van der Waals surface area contributed by atoms with E-state index in [2.05, 4.69) is 0 Å². The zero-order chi connectivity index (χ0) is 52.8. The van der Waals surface area contributed by atoms with E-state index in [9.17, 15) is 39.6 Å². The van der Waals surface area contributed by atoms with Gasteiger partial charge in [0.25, 0.3) is 0 Å². The summed E-state index contributed by atoms with van der Waals surface area (Å²) in [7, 11) is -18.9. The first-order chi connectivity index (χ1) is 32.7. The molecule has 0 aliphatic rings. The Labute approximate surface area is 415 Å². The first kappa shape index (κ1) is 55.3. The Hall–Kier alpha value is -5.05. The highest BCUT2D eigenvalue weighted by molar-refractivity contribution is 8.59. The molecule has 0 bridgehead atoms. The zero-order valence-corrected chi connectivity index (χ0v) is 42.0. The largest absolute Gasteiger partial charge is 0.444 e. The summed E-state index contributed by atoms with van der Waals surface area (Å²) in [6.45, 7) is 3.60. The van der Waals surface area contributed by atoms with Gasteiger partial charge in [0.15, 0.2) is 20.1 Å². The van der Waals surface area contributed by atoms with Gasteiger partial charge in [-0.2, -0.15) is 39.5 Å². The second-order valence-electron chi connectivity index (χ2n) is 14.9. The maximum atomic E-state index is 15.2. The predicted octanol–water partition coefficient (Wildman–Crippen LogP) is 13.4. The van der Waals surface area contributed by atoms with Crippen LogP contribution < -0.4 is 0 Å². The molecular weight excluding hydrogens is 1090 g/mol. The number of sulfone groups is 3. The third kappa shape index (κ3) is 11.8. The third-order valence-corrected chi connectivity index (χ3v) is 25.3. The standard InChI is InChI=1S/C46H33F9O9S7/c1-28(56)31-4-10-37(11-5-31)69(59,60)40-22-16-34(17-23-40)68(46(65-43(47,48)49,66-44(50,51)52)67-45(53,54)55,35-18-24-41(25-19-35)70(61,62)38-12-6-32(7-13-38)29(2)57)36-20-26-42(27-21-36)71(63,64)39-14-8-33(9-15-39)30(3)58/h4-27H,1-3H3. The van der Waals surface area contributed by atoms with E-state index < -0.39 is 156 Å². The van der Waals surface area contributed by atoms with E-state index in [4.69, 9.17) is 0 Å². The summed E-state index contributed by atoms with van der Waals surface area (Å²) in [5.74, 6) is -1.31.